The number of pyridine rings is 1. The summed E-state index contributed by atoms with van der Waals surface area (Å²) in [6.45, 7) is 1.80. The van der Waals surface area contributed by atoms with E-state index >= 15 is 0 Å². The van der Waals surface area contributed by atoms with Gasteiger partial charge < -0.3 is 5.73 Å². The van der Waals surface area contributed by atoms with Gasteiger partial charge in [0.2, 0.25) is 4.96 Å². The number of nitrogen functional groups attached to an aromatic ring is 1. The first kappa shape index (κ1) is 13.1. The summed E-state index contributed by atoms with van der Waals surface area (Å²) >= 11 is 2.96. The molecule has 0 atom stereocenters. The van der Waals surface area contributed by atoms with Gasteiger partial charge in [0.05, 0.1) is 22.7 Å². The average molecular weight is 305 g/mol. The van der Waals surface area contributed by atoms with Crippen LogP contribution in [0.1, 0.15) is 10.7 Å². The van der Waals surface area contributed by atoms with Gasteiger partial charge in [-0.25, -0.2) is 9.97 Å². The molecule has 102 valence electrons. The molecule has 0 fully saturated rings. The molecule has 0 aliphatic heterocycles. The zero-order valence-corrected chi connectivity index (χ0v) is 12.2. The Bertz CT molecular complexity index is 809. The van der Waals surface area contributed by atoms with Crippen LogP contribution in [-0.2, 0) is 5.75 Å². The van der Waals surface area contributed by atoms with Gasteiger partial charge in [-0.05, 0) is 19.1 Å². The van der Waals surface area contributed by atoms with E-state index in [-0.39, 0.29) is 5.56 Å². The topological polar surface area (TPSA) is 86.2 Å². The monoisotopic (exact) mass is 305 g/mol. The molecule has 0 amide bonds. The number of nitrogens with zero attached hydrogens (tertiary/aromatic N) is 4. The van der Waals surface area contributed by atoms with Gasteiger partial charge in [0.15, 0.2) is 0 Å². The minimum absolute atomic E-state index is 0.148. The van der Waals surface area contributed by atoms with E-state index in [1.165, 1.54) is 21.9 Å². The van der Waals surface area contributed by atoms with Crippen LogP contribution in [0.3, 0.4) is 0 Å². The molecule has 0 bridgehead atoms. The molecule has 3 aromatic rings. The number of hydrogen-bond donors (Lipinski definition) is 1. The van der Waals surface area contributed by atoms with Crippen molar-refractivity contribution in [3.05, 3.63) is 45.5 Å². The van der Waals surface area contributed by atoms with E-state index in [0.717, 1.165) is 10.0 Å². The van der Waals surface area contributed by atoms with E-state index in [9.17, 15) is 4.79 Å². The first-order chi connectivity index (χ1) is 9.61. The Kier molecular flexibility index (Phi) is 3.41. The number of thioether (sulfide) groups is 1. The normalized spacial score (nSPS) is 11.1. The Labute approximate surface area is 122 Å². The number of rotatable bonds is 3. The first-order valence-electron chi connectivity index (χ1n) is 5.82. The fraction of sp³-hybridized carbons (Fsp3) is 0.167. The average Bonchev–Trinajstić information content (AvgIpc) is 2.81. The van der Waals surface area contributed by atoms with Gasteiger partial charge in [-0.2, -0.15) is 9.61 Å². The van der Waals surface area contributed by atoms with Crippen molar-refractivity contribution in [2.75, 3.05) is 5.73 Å². The first-order valence-corrected chi connectivity index (χ1v) is 7.63. The van der Waals surface area contributed by atoms with Gasteiger partial charge in [0.25, 0.3) is 5.56 Å². The van der Waals surface area contributed by atoms with Crippen molar-refractivity contribution in [3.8, 4) is 0 Å². The minimum atomic E-state index is -0.148. The van der Waals surface area contributed by atoms with Crippen molar-refractivity contribution in [3.63, 3.8) is 0 Å². The van der Waals surface area contributed by atoms with Gasteiger partial charge in [0, 0.05) is 11.8 Å². The zero-order valence-electron chi connectivity index (χ0n) is 10.6. The molecule has 3 rings (SSSR count). The highest BCUT2D eigenvalue weighted by Gasteiger charge is 2.08. The summed E-state index contributed by atoms with van der Waals surface area (Å²) < 4.78 is 1.34. The SMILES string of the molecule is Cc1cc(=O)n2nc(CSc3ccc(N)cn3)sc2n1. The van der Waals surface area contributed by atoms with E-state index in [1.54, 1.807) is 24.9 Å². The quantitative estimate of drug-likeness (QED) is 0.742. The molecular weight excluding hydrogens is 294 g/mol. The molecule has 6 nitrogen and oxygen atoms in total. The van der Waals surface area contributed by atoms with Gasteiger partial charge in [0.1, 0.15) is 5.01 Å². The third-order valence-electron chi connectivity index (χ3n) is 2.52. The third kappa shape index (κ3) is 2.66. The van der Waals surface area contributed by atoms with E-state index in [0.29, 0.717) is 22.1 Å². The second-order valence-corrected chi connectivity index (χ2v) is 6.18. The molecule has 0 saturated heterocycles. The van der Waals surface area contributed by atoms with Crippen molar-refractivity contribution < 1.29 is 0 Å². The van der Waals surface area contributed by atoms with Crippen molar-refractivity contribution in [1.82, 2.24) is 19.6 Å². The maximum absolute atomic E-state index is 11.8. The largest absolute Gasteiger partial charge is 0.397 e. The van der Waals surface area contributed by atoms with Gasteiger partial charge in [-0.1, -0.05) is 23.1 Å². The number of hydrogen-bond acceptors (Lipinski definition) is 7. The molecule has 0 aliphatic rings. The lowest BCUT2D eigenvalue weighted by Crippen LogP contribution is -2.14. The summed E-state index contributed by atoms with van der Waals surface area (Å²) in [5.74, 6) is 0.642. The maximum atomic E-state index is 11.8. The summed E-state index contributed by atoms with van der Waals surface area (Å²) in [5, 5.41) is 5.98. The van der Waals surface area contributed by atoms with Crippen molar-refractivity contribution in [2.45, 2.75) is 17.7 Å². The van der Waals surface area contributed by atoms with Crippen LogP contribution in [0.15, 0.2) is 34.2 Å². The van der Waals surface area contributed by atoms with Crippen molar-refractivity contribution in [1.29, 1.82) is 0 Å². The molecule has 2 N–H and O–H groups in total. The van der Waals surface area contributed by atoms with Gasteiger partial charge >= 0.3 is 0 Å². The fourth-order valence-corrected chi connectivity index (χ4v) is 3.40. The molecule has 0 radical (unpaired) electrons. The van der Waals surface area contributed by atoms with Gasteiger partial charge in [-0.3, -0.25) is 4.79 Å². The predicted octanol–water partition coefficient (Wildman–Crippen LogP) is 1.73. The van der Waals surface area contributed by atoms with Crippen LogP contribution in [0.4, 0.5) is 5.69 Å². The summed E-state index contributed by atoms with van der Waals surface area (Å²) in [5.41, 5.74) is 6.79. The van der Waals surface area contributed by atoms with Crippen LogP contribution in [0.2, 0.25) is 0 Å². The maximum Gasteiger partial charge on any atom is 0.275 e. The standard InChI is InChI=1S/C12H11N5OS2/c1-7-4-11(18)17-12(15-7)20-10(16-17)6-19-9-3-2-8(13)5-14-9/h2-5H,6,13H2,1H3. The summed E-state index contributed by atoms with van der Waals surface area (Å²) in [7, 11) is 0. The minimum Gasteiger partial charge on any atom is -0.397 e. The molecule has 0 aliphatic carbocycles. The molecule has 0 unspecified atom stereocenters. The van der Waals surface area contributed by atoms with Crippen LogP contribution >= 0.6 is 23.1 Å². The number of fused-ring (bicyclic) bond motifs is 1. The Hall–Kier alpha value is -1.93. The Balaban J connectivity index is 1.83. The third-order valence-corrected chi connectivity index (χ3v) is 4.56. The Morgan fingerprint density at radius 3 is 3.05 bits per heavy atom. The number of nitrogens with two attached hydrogens (primary N) is 1. The lowest BCUT2D eigenvalue weighted by Gasteiger charge is -1.97. The number of anilines is 1. The summed E-state index contributed by atoms with van der Waals surface area (Å²) in [6.07, 6.45) is 1.62. The number of aromatic nitrogens is 4. The Morgan fingerprint density at radius 1 is 1.45 bits per heavy atom. The van der Waals surface area contributed by atoms with E-state index in [4.69, 9.17) is 5.73 Å². The molecule has 3 heterocycles. The van der Waals surface area contributed by atoms with Crippen LogP contribution in [-0.4, -0.2) is 19.6 Å². The van der Waals surface area contributed by atoms with E-state index < -0.39 is 0 Å². The van der Waals surface area contributed by atoms with Crippen LogP contribution < -0.4 is 11.3 Å². The molecular formula is C12H11N5OS2. The lowest BCUT2D eigenvalue weighted by atomic mass is 10.4. The van der Waals surface area contributed by atoms with E-state index in [2.05, 4.69) is 15.1 Å². The second-order valence-electron chi connectivity index (χ2n) is 4.14. The molecule has 0 spiro atoms. The molecule has 0 saturated carbocycles. The predicted molar refractivity (Wildman–Crippen MR) is 80.1 cm³/mol. The molecule has 20 heavy (non-hydrogen) atoms. The van der Waals surface area contributed by atoms with Crippen LogP contribution in [0.25, 0.3) is 4.96 Å². The van der Waals surface area contributed by atoms with Crippen LogP contribution in [0, 0.1) is 6.92 Å². The smallest absolute Gasteiger partial charge is 0.275 e. The highest BCUT2D eigenvalue weighted by molar-refractivity contribution is 7.98. The molecule has 0 aromatic carbocycles. The second kappa shape index (κ2) is 5.22. The highest BCUT2D eigenvalue weighted by Crippen LogP contribution is 2.23. The number of aryl methyl sites for hydroxylation is 1. The Morgan fingerprint density at radius 2 is 2.30 bits per heavy atom. The molecule has 8 heteroatoms. The van der Waals surface area contributed by atoms with Crippen LogP contribution in [0.5, 0.6) is 0 Å². The van der Waals surface area contributed by atoms with Crippen molar-refractivity contribution >= 4 is 33.7 Å². The summed E-state index contributed by atoms with van der Waals surface area (Å²) in [6, 6.07) is 5.15. The highest BCUT2D eigenvalue weighted by atomic mass is 32.2. The lowest BCUT2D eigenvalue weighted by molar-refractivity contribution is 0.870. The zero-order chi connectivity index (χ0) is 14.1. The molecule has 3 aromatic heterocycles. The van der Waals surface area contributed by atoms with E-state index in [1.807, 2.05) is 12.1 Å². The fourth-order valence-electron chi connectivity index (χ4n) is 1.63. The summed E-state index contributed by atoms with van der Waals surface area (Å²) in [4.78, 5) is 20.9. The van der Waals surface area contributed by atoms with Crippen molar-refractivity contribution in [2.24, 2.45) is 0 Å². The van der Waals surface area contributed by atoms with Gasteiger partial charge in [-0.15, -0.1) is 0 Å².